The largest absolute Gasteiger partial charge is 0.469 e. The van der Waals surface area contributed by atoms with Gasteiger partial charge in [0.1, 0.15) is 5.76 Å². The van der Waals surface area contributed by atoms with Crippen molar-refractivity contribution in [2.75, 3.05) is 13.1 Å². The maximum atomic E-state index is 12.3. The average Bonchev–Trinajstić information content (AvgIpc) is 3.23. The lowest BCUT2D eigenvalue weighted by molar-refractivity contribution is -0.130. The van der Waals surface area contributed by atoms with E-state index in [1.165, 1.54) is 0 Å². The molecule has 0 saturated carbocycles. The smallest absolute Gasteiger partial charge is 0.230 e. The Morgan fingerprint density at radius 2 is 2.30 bits per heavy atom. The van der Waals surface area contributed by atoms with Crippen LogP contribution in [-0.4, -0.2) is 46.3 Å². The second-order valence-corrected chi connectivity index (χ2v) is 6.27. The van der Waals surface area contributed by atoms with E-state index in [1.54, 1.807) is 19.3 Å². The Labute approximate surface area is 133 Å². The highest BCUT2D eigenvalue weighted by Crippen LogP contribution is 2.34. The van der Waals surface area contributed by atoms with Gasteiger partial charge in [0, 0.05) is 25.9 Å². The van der Waals surface area contributed by atoms with E-state index in [0.717, 1.165) is 13.0 Å². The van der Waals surface area contributed by atoms with Gasteiger partial charge in [0.15, 0.2) is 0 Å². The Bertz CT molecular complexity index is 667. The summed E-state index contributed by atoms with van der Waals surface area (Å²) < 4.78 is 16.7. The molecular formula is C16H19N3O4. The molecule has 0 aromatic carbocycles. The number of ether oxygens (including phenoxy) is 1. The van der Waals surface area contributed by atoms with E-state index in [4.69, 9.17) is 13.6 Å². The van der Waals surface area contributed by atoms with Crippen molar-refractivity contribution in [3.05, 3.63) is 35.9 Å². The quantitative estimate of drug-likeness (QED) is 0.847. The van der Waals surface area contributed by atoms with Gasteiger partial charge in [-0.15, -0.1) is 10.2 Å². The van der Waals surface area contributed by atoms with Crippen molar-refractivity contribution >= 4 is 5.91 Å². The first-order valence-corrected chi connectivity index (χ1v) is 7.92. The number of fused-ring (bicyclic) bond motifs is 1. The second kappa shape index (κ2) is 5.81. The third kappa shape index (κ3) is 3.01. The minimum atomic E-state index is 0.0991. The number of carbonyl (C=O) groups excluding carboxylic acids is 1. The van der Waals surface area contributed by atoms with Crippen LogP contribution in [0.25, 0.3) is 0 Å². The fourth-order valence-corrected chi connectivity index (χ4v) is 3.49. The van der Waals surface area contributed by atoms with Crippen LogP contribution in [0.2, 0.25) is 0 Å². The number of aromatic nitrogens is 2. The van der Waals surface area contributed by atoms with Gasteiger partial charge < -0.3 is 18.5 Å². The van der Waals surface area contributed by atoms with E-state index in [1.807, 2.05) is 11.0 Å². The first kappa shape index (κ1) is 14.4. The van der Waals surface area contributed by atoms with E-state index in [2.05, 4.69) is 10.2 Å². The highest BCUT2D eigenvalue weighted by molar-refractivity contribution is 5.78. The Kier molecular flexibility index (Phi) is 3.65. The van der Waals surface area contributed by atoms with E-state index >= 15 is 0 Å². The number of furan rings is 1. The number of hydrogen-bond donors (Lipinski definition) is 0. The number of nitrogens with zero attached hydrogens (tertiary/aromatic N) is 3. The van der Waals surface area contributed by atoms with Crippen LogP contribution in [0, 0.1) is 12.8 Å². The summed E-state index contributed by atoms with van der Waals surface area (Å²) in [5.74, 6) is 2.40. The predicted molar refractivity (Wildman–Crippen MR) is 78.5 cm³/mol. The van der Waals surface area contributed by atoms with E-state index in [9.17, 15) is 4.79 Å². The van der Waals surface area contributed by atoms with Gasteiger partial charge in [0.2, 0.25) is 17.7 Å². The molecule has 1 amide bonds. The van der Waals surface area contributed by atoms with Gasteiger partial charge in [-0.2, -0.15) is 0 Å². The molecule has 7 nitrogen and oxygen atoms in total. The predicted octanol–water partition coefficient (Wildman–Crippen LogP) is 1.37. The van der Waals surface area contributed by atoms with Gasteiger partial charge in [0.05, 0.1) is 31.3 Å². The summed E-state index contributed by atoms with van der Waals surface area (Å²) in [4.78, 5) is 14.2. The van der Waals surface area contributed by atoms with Crippen LogP contribution < -0.4 is 0 Å². The van der Waals surface area contributed by atoms with Gasteiger partial charge in [-0.25, -0.2) is 0 Å². The minimum absolute atomic E-state index is 0.0991. The molecule has 2 saturated heterocycles. The lowest BCUT2D eigenvalue weighted by Crippen LogP contribution is -2.32. The van der Waals surface area contributed by atoms with Crippen molar-refractivity contribution < 1.29 is 18.4 Å². The summed E-state index contributed by atoms with van der Waals surface area (Å²) in [6.45, 7) is 3.19. The third-order valence-electron chi connectivity index (χ3n) is 4.54. The van der Waals surface area contributed by atoms with Crippen molar-refractivity contribution in [3.8, 4) is 0 Å². The standard InChI is InChI=1S/C16H19N3O4/c1-10-17-18-15(22-10)6-13-5-11-8-19(9-14(11)23-13)16(20)7-12-3-2-4-21-12/h2-4,11,13-14H,5-9H2,1H3/t11-,13-,14+/m0/s1. The van der Waals surface area contributed by atoms with Gasteiger partial charge in [-0.3, -0.25) is 4.79 Å². The van der Waals surface area contributed by atoms with Crippen LogP contribution in [0.5, 0.6) is 0 Å². The van der Waals surface area contributed by atoms with Crippen LogP contribution in [0.4, 0.5) is 0 Å². The molecule has 23 heavy (non-hydrogen) atoms. The van der Waals surface area contributed by atoms with E-state index in [-0.39, 0.29) is 18.1 Å². The van der Waals surface area contributed by atoms with Gasteiger partial charge in [0.25, 0.3) is 0 Å². The van der Waals surface area contributed by atoms with Crippen molar-refractivity contribution in [3.63, 3.8) is 0 Å². The number of amides is 1. The number of hydrogen-bond acceptors (Lipinski definition) is 6. The van der Waals surface area contributed by atoms with Crippen LogP contribution in [0.15, 0.2) is 27.2 Å². The average molecular weight is 317 g/mol. The molecule has 2 aliphatic heterocycles. The highest BCUT2D eigenvalue weighted by atomic mass is 16.5. The van der Waals surface area contributed by atoms with Crippen LogP contribution in [0.1, 0.15) is 24.0 Å². The topological polar surface area (TPSA) is 81.6 Å². The lowest BCUT2D eigenvalue weighted by atomic mass is 10.0. The Morgan fingerprint density at radius 3 is 3.00 bits per heavy atom. The third-order valence-corrected chi connectivity index (χ3v) is 4.54. The summed E-state index contributed by atoms with van der Waals surface area (Å²) in [5.41, 5.74) is 0. The fraction of sp³-hybridized carbons (Fsp3) is 0.562. The van der Waals surface area contributed by atoms with Crippen LogP contribution >= 0.6 is 0 Å². The molecule has 0 aliphatic carbocycles. The number of aryl methyl sites for hydroxylation is 1. The maximum Gasteiger partial charge on any atom is 0.230 e. The summed E-state index contributed by atoms with van der Waals surface area (Å²) in [5, 5.41) is 7.85. The van der Waals surface area contributed by atoms with Crippen LogP contribution in [0.3, 0.4) is 0 Å². The molecule has 0 bridgehead atoms. The van der Waals surface area contributed by atoms with Crippen molar-refractivity contribution in [2.24, 2.45) is 5.92 Å². The van der Waals surface area contributed by atoms with Crippen LogP contribution in [-0.2, 0) is 22.4 Å². The Hall–Kier alpha value is -2.15. The number of carbonyl (C=O) groups is 1. The molecule has 0 spiro atoms. The van der Waals surface area contributed by atoms with Gasteiger partial charge >= 0.3 is 0 Å². The molecule has 2 fully saturated rings. The minimum Gasteiger partial charge on any atom is -0.469 e. The van der Waals surface area contributed by atoms with Gasteiger partial charge in [-0.1, -0.05) is 0 Å². The second-order valence-electron chi connectivity index (χ2n) is 6.27. The summed E-state index contributed by atoms with van der Waals surface area (Å²) in [6, 6.07) is 3.63. The Balaban J connectivity index is 1.30. The maximum absolute atomic E-state index is 12.3. The molecule has 4 rings (SSSR count). The molecule has 0 N–H and O–H groups in total. The Morgan fingerprint density at radius 1 is 1.39 bits per heavy atom. The number of likely N-dealkylation sites (tertiary alicyclic amines) is 1. The molecule has 4 heterocycles. The van der Waals surface area contributed by atoms with E-state index < -0.39 is 0 Å². The zero-order chi connectivity index (χ0) is 15.8. The normalized spacial score (nSPS) is 26.7. The summed E-state index contributed by atoms with van der Waals surface area (Å²) in [7, 11) is 0. The zero-order valence-electron chi connectivity index (χ0n) is 13.0. The van der Waals surface area contributed by atoms with Crippen molar-refractivity contribution in [1.82, 2.24) is 15.1 Å². The molecular weight excluding hydrogens is 298 g/mol. The molecule has 2 aliphatic rings. The van der Waals surface area contributed by atoms with E-state index in [0.29, 0.717) is 42.8 Å². The molecule has 0 radical (unpaired) electrons. The fourth-order valence-electron chi connectivity index (χ4n) is 3.49. The SMILES string of the molecule is Cc1nnc(C[C@@H]2C[C@H]3CN(C(=O)Cc4ccco4)C[C@H]3O2)o1. The lowest BCUT2D eigenvalue weighted by Gasteiger charge is -2.18. The summed E-state index contributed by atoms with van der Waals surface area (Å²) >= 11 is 0. The molecule has 0 unspecified atom stereocenters. The molecule has 3 atom stereocenters. The molecule has 7 heteroatoms. The zero-order valence-corrected chi connectivity index (χ0v) is 13.0. The summed E-state index contributed by atoms with van der Waals surface area (Å²) in [6.07, 6.45) is 3.70. The molecule has 2 aromatic heterocycles. The first-order chi connectivity index (χ1) is 11.2. The van der Waals surface area contributed by atoms with Gasteiger partial charge in [-0.05, 0) is 18.6 Å². The molecule has 122 valence electrons. The van der Waals surface area contributed by atoms with Crippen molar-refractivity contribution in [1.29, 1.82) is 0 Å². The monoisotopic (exact) mass is 317 g/mol. The highest BCUT2D eigenvalue weighted by Gasteiger charge is 2.43. The number of rotatable bonds is 4. The molecule has 2 aromatic rings. The first-order valence-electron chi connectivity index (χ1n) is 7.92. The van der Waals surface area contributed by atoms with Crippen molar-refractivity contribution in [2.45, 2.75) is 38.4 Å².